The highest BCUT2D eigenvalue weighted by Gasteiger charge is 2.17. The molecule has 1 aliphatic rings. The average Bonchev–Trinajstić information content (AvgIpc) is 3.06. The quantitative estimate of drug-likeness (QED) is 0.776. The van der Waals surface area contributed by atoms with Gasteiger partial charge in [0.2, 0.25) is 0 Å². The van der Waals surface area contributed by atoms with Crippen molar-refractivity contribution in [3.8, 4) is 0 Å². The first-order valence-electron chi connectivity index (χ1n) is 8.32. The molecule has 0 saturated heterocycles. The molecule has 0 aliphatic carbocycles. The number of carbonyl (C=O) groups excluding carboxylic acids is 1. The number of amides is 1. The molecule has 5 heteroatoms. The molecular weight excluding hydrogens is 300 g/mol. The molecule has 1 aromatic heterocycles. The van der Waals surface area contributed by atoms with E-state index in [9.17, 15) is 4.79 Å². The Hall–Kier alpha value is -2.66. The van der Waals surface area contributed by atoms with Crippen molar-refractivity contribution in [3.63, 3.8) is 0 Å². The smallest absolute Gasteiger partial charge is 0.272 e. The molecule has 0 saturated carbocycles. The monoisotopic (exact) mass is 320 g/mol. The maximum absolute atomic E-state index is 12.3. The van der Waals surface area contributed by atoms with Crippen molar-refractivity contribution in [2.45, 2.75) is 13.0 Å². The van der Waals surface area contributed by atoms with Gasteiger partial charge in [0.05, 0.1) is 5.52 Å². The minimum absolute atomic E-state index is 0.121. The fraction of sp³-hybridized carbons (Fsp3) is 0.263. The molecule has 2 heterocycles. The van der Waals surface area contributed by atoms with E-state index >= 15 is 0 Å². The van der Waals surface area contributed by atoms with E-state index in [1.54, 1.807) is 0 Å². The second-order valence-corrected chi connectivity index (χ2v) is 6.17. The summed E-state index contributed by atoms with van der Waals surface area (Å²) in [6.07, 6.45) is 1.08. The molecule has 0 unspecified atom stereocenters. The first-order valence-corrected chi connectivity index (χ1v) is 8.32. The number of nitrogens with zero attached hydrogens (tertiary/aromatic N) is 2. The van der Waals surface area contributed by atoms with E-state index < -0.39 is 0 Å². The number of hydrogen-bond donors (Lipinski definition) is 2. The number of para-hydroxylation sites is 1. The molecule has 0 atom stereocenters. The summed E-state index contributed by atoms with van der Waals surface area (Å²) in [7, 11) is 0. The third-order valence-electron chi connectivity index (χ3n) is 4.61. The van der Waals surface area contributed by atoms with Crippen LogP contribution in [0.5, 0.6) is 0 Å². The summed E-state index contributed by atoms with van der Waals surface area (Å²) in [5, 5.41) is 10.9. The third-order valence-corrected chi connectivity index (χ3v) is 4.61. The van der Waals surface area contributed by atoms with E-state index in [1.807, 2.05) is 24.3 Å². The summed E-state index contributed by atoms with van der Waals surface area (Å²) in [5.41, 5.74) is 4.19. The van der Waals surface area contributed by atoms with Gasteiger partial charge in [0.15, 0.2) is 5.69 Å². The van der Waals surface area contributed by atoms with E-state index in [2.05, 4.69) is 44.7 Å². The van der Waals surface area contributed by atoms with Crippen molar-refractivity contribution in [1.29, 1.82) is 0 Å². The van der Waals surface area contributed by atoms with Gasteiger partial charge < -0.3 is 5.32 Å². The second kappa shape index (κ2) is 6.45. The summed E-state index contributed by atoms with van der Waals surface area (Å²) in [6, 6.07) is 16.3. The predicted molar refractivity (Wildman–Crippen MR) is 93.8 cm³/mol. The Bertz CT molecular complexity index is 870. The van der Waals surface area contributed by atoms with Gasteiger partial charge >= 0.3 is 0 Å². The third kappa shape index (κ3) is 2.90. The van der Waals surface area contributed by atoms with Gasteiger partial charge in [-0.1, -0.05) is 42.5 Å². The molecule has 0 spiro atoms. The van der Waals surface area contributed by atoms with Crippen LogP contribution in [0.2, 0.25) is 0 Å². The molecule has 0 bridgehead atoms. The fourth-order valence-electron chi connectivity index (χ4n) is 3.29. The lowest BCUT2D eigenvalue weighted by atomic mass is 10.00. The van der Waals surface area contributed by atoms with Crippen LogP contribution < -0.4 is 5.32 Å². The van der Waals surface area contributed by atoms with E-state index in [0.29, 0.717) is 12.2 Å². The van der Waals surface area contributed by atoms with Crippen molar-refractivity contribution >= 4 is 16.8 Å². The van der Waals surface area contributed by atoms with Crippen LogP contribution in [0.1, 0.15) is 21.6 Å². The van der Waals surface area contributed by atoms with Gasteiger partial charge in [-0.3, -0.25) is 14.8 Å². The van der Waals surface area contributed by atoms with E-state index in [1.165, 1.54) is 11.1 Å². The van der Waals surface area contributed by atoms with Gasteiger partial charge in [0.25, 0.3) is 5.91 Å². The molecule has 3 aromatic rings. The lowest BCUT2D eigenvalue weighted by Crippen LogP contribution is -2.37. The number of aromatic nitrogens is 2. The Labute approximate surface area is 140 Å². The Kier molecular flexibility index (Phi) is 4.01. The van der Waals surface area contributed by atoms with E-state index in [0.717, 1.165) is 37.0 Å². The summed E-state index contributed by atoms with van der Waals surface area (Å²) in [6.45, 7) is 3.47. The normalized spacial score (nSPS) is 14.5. The minimum Gasteiger partial charge on any atom is -0.349 e. The maximum Gasteiger partial charge on any atom is 0.272 e. The van der Waals surface area contributed by atoms with Gasteiger partial charge in [-0.15, -0.1) is 0 Å². The number of carbonyl (C=O) groups is 1. The number of fused-ring (bicyclic) bond motifs is 2. The lowest BCUT2D eigenvalue weighted by molar-refractivity contribution is 0.0944. The number of rotatable bonds is 4. The number of benzene rings is 2. The van der Waals surface area contributed by atoms with Gasteiger partial charge in [0, 0.05) is 31.6 Å². The van der Waals surface area contributed by atoms with Gasteiger partial charge in [-0.05, 0) is 23.6 Å². The maximum atomic E-state index is 12.3. The Morgan fingerprint density at radius 3 is 2.83 bits per heavy atom. The molecule has 2 N–H and O–H groups in total. The van der Waals surface area contributed by atoms with Crippen LogP contribution in [-0.4, -0.2) is 40.6 Å². The van der Waals surface area contributed by atoms with Crippen molar-refractivity contribution in [1.82, 2.24) is 20.4 Å². The topological polar surface area (TPSA) is 61.0 Å². The SMILES string of the molecule is O=C(NCCN1CCc2ccccc2C1)c1n[nH]c2ccccc12. The molecule has 1 amide bonds. The van der Waals surface area contributed by atoms with Gasteiger partial charge in [-0.2, -0.15) is 5.10 Å². The number of hydrogen-bond acceptors (Lipinski definition) is 3. The molecule has 4 rings (SSSR count). The molecule has 5 nitrogen and oxygen atoms in total. The molecular formula is C19H20N4O. The summed E-state index contributed by atoms with van der Waals surface area (Å²) >= 11 is 0. The highest BCUT2D eigenvalue weighted by Crippen LogP contribution is 2.18. The first kappa shape index (κ1) is 14.9. The largest absolute Gasteiger partial charge is 0.349 e. The Morgan fingerprint density at radius 2 is 1.92 bits per heavy atom. The van der Waals surface area contributed by atoms with Crippen LogP contribution in [-0.2, 0) is 13.0 Å². The standard InChI is InChI=1S/C19H20N4O/c24-19(18-16-7-3-4-8-17(16)21-22-18)20-10-12-23-11-9-14-5-1-2-6-15(14)13-23/h1-8H,9-13H2,(H,20,24)(H,21,22). The number of aromatic amines is 1. The van der Waals surface area contributed by atoms with Crippen LogP contribution in [0, 0.1) is 0 Å². The first-order chi connectivity index (χ1) is 11.8. The number of H-pyrrole nitrogens is 1. The number of nitrogens with one attached hydrogen (secondary N) is 2. The zero-order valence-electron chi connectivity index (χ0n) is 13.5. The van der Waals surface area contributed by atoms with E-state index in [4.69, 9.17) is 0 Å². The highest BCUT2D eigenvalue weighted by atomic mass is 16.1. The Morgan fingerprint density at radius 1 is 1.12 bits per heavy atom. The van der Waals surface area contributed by atoms with Crippen molar-refractivity contribution in [2.75, 3.05) is 19.6 Å². The molecule has 0 fully saturated rings. The van der Waals surface area contributed by atoms with Crippen LogP contribution in [0.3, 0.4) is 0 Å². The highest BCUT2D eigenvalue weighted by molar-refractivity contribution is 6.04. The second-order valence-electron chi connectivity index (χ2n) is 6.17. The minimum atomic E-state index is -0.121. The van der Waals surface area contributed by atoms with Crippen LogP contribution in [0.15, 0.2) is 48.5 Å². The van der Waals surface area contributed by atoms with Crippen molar-refractivity contribution in [2.24, 2.45) is 0 Å². The molecule has 1 aliphatic heterocycles. The van der Waals surface area contributed by atoms with Crippen LogP contribution >= 0.6 is 0 Å². The summed E-state index contributed by atoms with van der Waals surface area (Å²) < 4.78 is 0. The zero-order valence-corrected chi connectivity index (χ0v) is 13.5. The van der Waals surface area contributed by atoms with Gasteiger partial charge in [-0.25, -0.2) is 0 Å². The molecule has 24 heavy (non-hydrogen) atoms. The van der Waals surface area contributed by atoms with Crippen molar-refractivity contribution in [3.05, 3.63) is 65.4 Å². The predicted octanol–water partition coefficient (Wildman–Crippen LogP) is 2.35. The molecule has 0 radical (unpaired) electrons. The summed E-state index contributed by atoms with van der Waals surface area (Å²) in [4.78, 5) is 14.7. The van der Waals surface area contributed by atoms with Crippen molar-refractivity contribution < 1.29 is 4.79 Å². The molecule has 122 valence electrons. The van der Waals surface area contributed by atoms with E-state index in [-0.39, 0.29) is 5.91 Å². The average molecular weight is 320 g/mol. The fourth-order valence-corrected chi connectivity index (χ4v) is 3.29. The summed E-state index contributed by atoms with van der Waals surface area (Å²) in [5.74, 6) is -0.121. The Balaban J connectivity index is 1.34. The van der Waals surface area contributed by atoms with Crippen LogP contribution in [0.25, 0.3) is 10.9 Å². The molecule has 2 aromatic carbocycles. The zero-order chi connectivity index (χ0) is 16.4. The van der Waals surface area contributed by atoms with Gasteiger partial charge in [0.1, 0.15) is 0 Å². The van der Waals surface area contributed by atoms with Crippen LogP contribution in [0.4, 0.5) is 0 Å². The lowest BCUT2D eigenvalue weighted by Gasteiger charge is -2.28.